The molecule has 228 valence electrons. The summed E-state index contributed by atoms with van der Waals surface area (Å²) in [5, 5.41) is 6.71. The molecule has 1 saturated heterocycles. The summed E-state index contributed by atoms with van der Waals surface area (Å²) in [6, 6.07) is 7.57. The molecule has 1 aromatic carbocycles. The number of hydrogen-bond donors (Lipinski definition) is 2. The second-order valence-electron chi connectivity index (χ2n) is 13.8. The molecular weight excluding hydrogens is 534 g/mol. The van der Waals surface area contributed by atoms with E-state index in [1.54, 1.807) is 6.20 Å². The summed E-state index contributed by atoms with van der Waals surface area (Å²) in [7, 11) is 0. The highest BCUT2D eigenvalue weighted by molar-refractivity contribution is 5.82. The van der Waals surface area contributed by atoms with Gasteiger partial charge in [-0.15, -0.1) is 0 Å². The number of esters is 1. The van der Waals surface area contributed by atoms with Crippen molar-refractivity contribution in [1.29, 1.82) is 0 Å². The van der Waals surface area contributed by atoms with Crippen molar-refractivity contribution < 1.29 is 23.9 Å². The number of benzene rings is 1. The minimum Gasteiger partial charge on any atom is -0.444 e. The predicted molar refractivity (Wildman–Crippen MR) is 158 cm³/mol. The molecular formula is C32H45N5O5. The minimum atomic E-state index is -0.606. The molecule has 0 radical (unpaired) electrons. The van der Waals surface area contributed by atoms with Crippen LogP contribution in [0.4, 0.5) is 10.5 Å². The molecule has 0 bridgehead atoms. The average Bonchev–Trinajstić information content (AvgIpc) is 3.57. The summed E-state index contributed by atoms with van der Waals surface area (Å²) in [5.41, 5.74) is 0.853. The fourth-order valence-electron chi connectivity index (χ4n) is 6.55. The third-order valence-electron chi connectivity index (χ3n) is 8.50. The lowest BCUT2D eigenvalue weighted by Crippen LogP contribution is -2.51. The lowest BCUT2D eigenvalue weighted by atomic mass is 9.80. The number of imidazole rings is 1. The Bertz CT molecular complexity index is 1310. The number of carbonyl (C=O) groups excluding carboxylic acids is 3. The standard InChI is InChI=1S/C32H45N5O5/c1-31(2,3)29(39)41-19-36-18-16-33-27(36)25-22-15-17-37(26(22)20-11-7-9-13-23(20)34-25)28(38)21-12-8-10-14-24(21)35-30(40)42-32(4,5)6/h7,9,11,13,16,18,21-22,24-26,34H,8,10,12,14-15,17,19H2,1-6H3,(H,35,40)/t21-,22+,24+,25+,26-/m0/s1. The van der Waals surface area contributed by atoms with Crippen molar-refractivity contribution in [2.24, 2.45) is 17.3 Å². The number of aromatic nitrogens is 2. The molecule has 2 aromatic rings. The van der Waals surface area contributed by atoms with Crippen LogP contribution in [0.1, 0.15) is 97.1 Å². The van der Waals surface area contributed by atoms with Crippen LogP contribution in [0.3, 0.4) is 0 Å². The van der Waals surface area contributed by atoms with E-state index < -0.39 is 17.1 Å². The fourth-order valence-corrected chi connectivity index (χ4v) is 6.55. The average molecular weight is 580 g/mol. The number of rotatable bonds is 5. The second kappa shape index (κ2) is 11.6. The van der Waals surface area contributed by atoms with E-state index in [-0.39, 0.29) is 48.6 Å². The number of alkyl carbamates (subject to hydrolysis) is 1. The SMILES string of the molecule is CC(C)(C)OC(=O)N[C@@H]1CCCC[C@@H]1C(=O)N1CC[C@@H]2[C@H](c3nccn3COC(=O)C(C)(C)C)Nc3ccccc3[C@@H]21. The van der Waals surface area contributed by atoms with Gasteiger partial charge >= 0.3 is 12.1 Å². The number of carbonyl (C=O) groups is 3. The Hall–Kier alpha value is -3.56. The molecule has 3 heterocycles. The zero-order valence-corrected chi connectivity index (χ0v) is 25.7. The highest BCUT2D eigenvalue weighted by atomic mass is 16.6. The number of nitrogens with one attached hydrogen (secondary N) is 2. The van der Waals surface area contributed by atoms with Gasteiger partial charge in [-0.25, -0.2) is 9.78 Å². The van der Waals surface area contributed by atoms with E-state index in [1.807, 2.05) is 75.4 Å². The maximum atomic E-state index is 14.3. The van der Waals surface area contributed by atoms with Crippen molar-refractivity contribution in [2.45, 2.75) is 104 Å². The van der Waals surface area contributed by atoms with Gasteiger partial charge in [-0.2, -0.15) is 0 Å². The lowest BCUT2D eigenvalue weighted by molar-refractivity contribution is -0.157. The lowest BCUT2D eigenvalue weighted by Gasteiger charge is -2.41. The van der Waals surface area contributed by atoms with Gasteiger partial charge in [0, 0.05) is 36.6 Å². The van der Waals surface area contributed by atoms with Crippen LogP contribution in [0.2, 0.25) is 0 Å². The molecule has 2 fully saturated rings. The third kappa shape index (κ3) is 6.27. The molecule has 1 aliphatic carbocycles. The Balaban J connectivity index is 1.39. The number of fused-ring (bicyclic) bond motifs is 3. The first-order valence-corrected chi connectivity index (χ1v) is 15.2. The summed E-state index contributed by atoms with van der Waals surface area (Å²) in [6.45, 7) is 11.7. The molecule has 10 nitrogen and oxygen atoms in total. The number of anilines is 1. The van der Waals surface area contributed by atoms with Crippen LogP contribution in [0.15, 0.2) is 36.7 Å². The van der Waals surface area contributed by atoms with Gasteiger partial charge in [-0.05, 0) is 72.4 Å². The van der Waals surface area contributed by atoms with E-state index in [2.05, 4.69) is 16.7 Å². The number of hydrogen-bond acceptors (Lipinski definition) is 7. The molecule has 5 atom stereocenters. The monoisotopic (exact) mass is 579 g/mol. The highest BCUT2D eigenvalue weighted by Crippen LogP contribution is 2.51. The smallest absolute Gasteiger partial charge is 0.407 e. The van der Waals surface area contributed by atoms with E-state index in [0.29, 0.717) is 6.54 Å². The molecule has 0 spiro atoms. The summed E-state index contributed by atoms with van der Waals surface area (Å²) in [5.74, 6) is 0.355. The summed E-state index contributed by atoms with van der Waals surface area (Å²) < 4.78 is 13.0. The van der Waals surface area contributed by atoms with Crippen LogP contribution in [-0.4, -0.2) is 50.6 Å². The normalized spacial score (nSPS) is 25.6. The van der Waals surface area contributed by atoms with Gasteiger partial charge in [0.15, 0.2) is 6.73 Å². The van der Waals surface area contributed by atoms with E-state index in [0.717, 1.165) is 49.2 Å². The van der Waals surface area contributed by atoms with Gasteiger partial charge in [0.2, 0.25) is 5.91 Å². The van der Waals surface area contributed by atoms with Crippen LogP contribution in [0.5, 0.6) is 0 Å². The van der Waals surface area contributed by atoms with Crippen molar-refractivity contribution in [1.82, 2.24) is 19.8 Å². The Labute approximate surface area is 248 Å². The fraction of sp³-hybridized carbons (Fsp3) is 0.625. The Morgan fingerprint density at radius 3 is 2.52 bits per heavy atom. The maximum Gasteiger partial charge on any atom is 0.407 e. The zero-order valence-electron chi connectivity index (χ0n) is 25.7. The van der Waals surface area contributed by atoms with Crippen LogP contribution in [0, 0.1) is 17.3 Å². The number of amides is 2. The van der Waals surface area contributed by atoms with Crippen molar-refractivity contribution in [3.8, 4) is 0 Å². The Morgan fingerprint density at radius 1 is 1.05 bits per heavy atom. The van der Waals surface area contributed by atoms with Gasteiger partial charge < -0.3 is 25.0 Å². The number of para-hydroxylation sites is 1. The molecule has 0 unspecified atom stereocenters. The van der Waals surface area contributed by atoms with Gasteiger partial charge in [0.25, 0.3) is 0 Å². The molecule has 42 heavy (non-hydrogen) atoms. The quantitative estimate of drug-likeness (QED) is 0.445. The molecule has 2 amide bonds. The molecule has 1 aromatic heterocycles. The topological polar surface area (TPSA) is 115 Å². The van der Waals surface area contributed by atoms with Crippen molar-refractivity contribution in [2.75, 3.05) is 11.9 Å². The van der Waals surface area contributed by atoms with E-state index in [4.69, 9.17) is 14.5 Å². The second-order valence-corrected chi connectivity index (χ2v) is 13.8. The number of likely N-dealkylation sites (tertiary alicyclic amines) is 1. The van der Waals surface area contributed by atoms with Gasteiger partial charge in [-0.3, -0.25) is 14.2 Å². The predicted octanol–water partition coefficient (Wildman–Crippen LogP) is 5.57. The van der Waals surface area contributed by atoms with E-state index in [9.17, 15) is 14.4 Å². The van der Waals surface area contributed by atoms with E-state index in [1.165, 1.54) is 0 Å². The first-order valence-electron chi connectivity index (χ1n) is 15.2. The number of ether oxygens (including phenoxy) is 2. The maximum absolute atomic E-state index is 14.3. The third-order valence-corrected chi connectivity index (χ3v) is 8.50. The van der Waals surface area contributed by atoms with E-state index >= 15 is 0 Å². The van der Waals surface area contributed by atoms with Crippen LogP contribution >= 0.6 is 0 Å². The van der Waals surface area contributed by atoms with Crippen LogP contribution in [0.25, 0.3) is 0 Å². The Kier molecular flexibility index (Phi) is 8.27. The Morgan fingerprint density at radius 2 is 1.79 bits per heavy atom. The van der Waals surface area contributed by atoms with Crippen molar-refractivity contribution in [3.05, 3.63) is 48.0 Å². The van der Waals surface area contributed by atoms with Crippen molar-refractivity contribution in [3.63, 3.8) is 0 Å². The molecule has 2 N–H and O–H groups in total. The van der Waals surface area contributed by atoms with Gasteiger partial charge in [0.05, 0.1) is 23.4 Å². The van der Waals surface area contributed by atoms with Crippen LogP contribution in [-0.2, 0) is 25.8 Å². The first-order chi connectivity index (χ1) is 19.8. The summed E-state index contributed by atoms with van der Waals surface area (Å²) >= 11 is 0. The molecule has 2 aliphatic heterocycles. The summed E-state index contributed by atoms with van der Waals surface area (Å²) in [6.07, 6.45) is 7.29. The molecule has 5 rings (SSSR count). The van der Waals surface area contributed by atoms with Crippen molar-refractivity contribution >= 4 is 23.7 Å². The molecule has 10 heteroatoms. The number of nitrogens with zero attached hydrogens (tertiary/aromatic N) is 3. The summed E-state index contributed by atoms with van der Waals surface area (Å²) in [4.78, 5) is 46.2. The largest absolute Gasteiger partial charge is 0.444 e. The highest BCUT2D eigenvalue weighted by Gasteiger charge is 2.49. The van der Waals surface area contributed by atoms with Gasteiger partial charge in [0.1, 0.15) is 11.4 Å². The zero-order chi connectivity index (χ0) is 30.2. The first kappa shape index (κ1) is 29.9. The minimum absolute atomic E-state index is 0.0733. The molecule has 3 aliphatic rings. The van der Waals surface area contributed by atoms with Gasteiger partial charge in [-0.1, -0.05) is 31.0 Å². The molecule has 1 saturated carbocycles. The van der Waals surface area contributed by atoms with Crippen LogP contribution < -0.4 is 10.6 Å².